The van der Waals surface area contributed by atoms with Gasteiger partial charge >= 0.3 is 0 Å². The lowest BCUT2D eigenvalue weighted by molar-refractivity contribution is 0.0946. The van der Waals surface area contributed by atoms with Crippen LogP contribution in [0.1, 0.15) is 16.1 Å². The number of phenolic OH excluding ortho intramolecular Hbond substituents is 1. The molecule has 0 saturated heterocycles. The molecule has 2 heterocycles. The number of nitrogens with two attached hydrogens (primary N) is 1. The molecule has 25 heavy (non-hydrogen) atoms. The normalized spacial score (nSPS) is 13.2. The summed E-state index contributed by atoms with van der Waals surface area (Å²) >= 11 is 0. The molecule has 0 saturated carbocycles. The van der Waals surface area contributed by atoms with Crippen LogP contribution in [0.2, 0.25) is 0 Å². The van der Waals surface area contributed by atoms with E-state index in [0.717, 1.165) is 28.1 Å². The second kappa shape index (κ2) is 5.94. The van der Waals surface area contributed by atoms with E-state index < -0.39 is 0 Å². The highest BCUT2D eigenvalue weighted by Gasteiger charge is 2.22. The smallest absolute Gasteiger partial charge is 0.255 e. The highest BCUT2D eigenvalue weighted by molar-refractivity contribution is 6.01. The van der Waals surface area contributed by atoms with E-state index in [4.69, 9.17) is 5.73 Å². The molecule has 0 atom stereocenters. The van der Waals surface area contributed by atoms with Gasteiger partial charge in [0.05, 0.1) is 17.0 Å². The number of hydrogen-bond acceptors (Lipinski definition) is 4. The molecule has 0 spiro atoms. The van der Waals surface area contributed by atoms with Gasteiger partial charge < -0.3 is 16.2 Å². The van der Waals surface area contributed by atoms with Gasteiger partial charge in [0.1, 0.15) is 5.75 Å². The standard InChI is InChI=1S/C20H17N3O2/c21-16-11-18(23-17-7-8-22-20(25)19(16)17)14-5-1-3-12(9-14)13-4-2-6-15(24)10-13/h1-6,9-11,24H,7-8H2,(H2,21,23)(H,22,25). The van der Waals surface area contributed by atoms with E-state index in [9.17, 15) is 9.90 Å². The van der Waals surface area contributed by atoms with Gasteiger partial charge in [-0.05, 0) is 35.4 Å². The van der Waals surface area contributed by atoms with Crippen molar-refractivity contribution in [2.24, 2.45) is 0 Å². The number of rotatable bonds is 2. The van der Waals surface area contributed by atoms with Crippen molar-refractivity contribution >= 4 is 11.6 Å². The van der Waals surface area contributed by atoms with Crippen LogP contribution < -0.4 is 11.1 Å². The molecule has 1 aliphatic heterocycles. The van der Waals surface area contributed by atoms with E-state index in [1.807, 2.05) is 36.4 Å². The lowest BCUT2D eigenvalue weighted by atomic mass is 9.99. The fourth-order valence-corrected chi connectivity index (χ4v) is 3.14. The fraction of sp³-hybridized carbons (Fsp3) is 0.100. The second-order valence-corrected chi connectivity index (χ2v) is 6.06. The Morgan fingerprint density at radius 1 is 1.00 bits per heavy atom. The monoisotopic (exact) mass is 331 g/mol. The summed E-state index contributed by atoms with van der Waals surface area (Å²) in [5.74, 6) is 0.0661. The Morgan fingerprint density at radius 3 is 2.52 bits per heavy atom. The molecule has 3 aromatic rings. The van der Waals surface area contributed by atoms with E-state index >= 15 is 0 Å². The minimum Gasteiger partial charge on any atom is -0.508 e. The highest BCUT2D eigenvalue weighted by Crippen LogP contribution is 2.30. The summed E-state index contributed by atoms with van der Waals surface area (Å²) < 4.78 is 0. The topological polar surface area (TPSA) is 88.2 Å². The molecule has 1 amide bonds. The van der Waals surface area contributed by atoms with Gasteiger partial charge in [-0.25, -0.2) is 0 Å². The number of nitrogens with zero attached hydrogens (tertiary/aromatic N) is 1. The van der Waals surface area contributed by atoms with Crippen LogP contribution in [0.15, 0.2) is 54.6 Å². The first-order chi connectivity index (χ1) is 12.1. The summed E-state index contributed by atoms with van der Waals surface area (Å²) in [6, 6.07) is 16.7. The van der Waals surface area contributed by atoms with Gasteiger partial charge in [0.25, 0.3) is 5.91 Å². The summed E-state index contributed by atoms with van der Waals surface area (Å²) in [6.07, 6.45) is 0.672. The number of nitrogen functional groups attached to an aromatic ring is 1. The lowest BCUT2D eigenvalue weighted by Gasteiger charge is -2.18. The third kappa shape index (κ3) is 2.80. The predicted molar refractivity (Wildman–Crippen MR) is 97.2 cm³/mol. The molecule has 2 aromatic carbocycles. The number of amides is 1. The number of anilines is 1. The zero-order valence-corrected chi connectivity index (χ0v) is 13.5. The average Bonchev–Trinajstić information content (AvgIpc) is 2.61. The number of nitrogens with one attached hydrogen (secondary N) is 1. The molecule has 0 radical (unpaired) electrons. The SMILES string of the molecule is Nc1cc(-c2cccc(-c3cccc(O)c3)c2)nc2c1C(=O)NCC2. The molecule has 0 unspecified atom stereocenters. The number of aromatic hydroxyl groups is 1. The maximum Gasteiger partial charge on any atom is 0.255 e. The van der Waals surface area contributed by atoms with E-state index in [2.05, 4.69) is 10.3 Å². The Hall–Kier alpha value is -3.34. The average molecular weight is 331 g/mol. The molecule has 0 aliphatic carbocycles. The van der Waals surface area contributed by atoms with Crippen LogP contribution in [-0.2, 0) is 6.42 Å². The molecule has 5 heteroatoms. The lowest BCUT2D eigenvalue weighted by Crippen LogP contribution is -2.33. The third-order valence-electron chi connectivity index (χ3n) is 4.34. The van der Waals surface area contributed by atoms with Crippen LogP contribution in [0, 0.1) is 0 Å². The first-order valence-corrected chi connectivity index (χ1v) is 8.09. The third-order valence-corrected chi connectivity index (χ3v) is 4.34. The largest absolute Gasteiger partial charge is 0.508 e. The quantitative estimate of drug-likeness (QED) is 0.673. The molecule has 124 valence electrons. The second-order valence-electron chi connectivity index (χ2n) is 6.06. The van der Waals surface area contributed by atoms with Crippen molar-refractivity contribution in [3.05, 3.63) is 65.9 Å². The van der Waals surface area contributed by atoms with Crippen molar-refractivity contribution in [2.75, 3.05) is 12.3 Å². The minimum atomic E-state index is -0.161. The number of aromatic nitrogens is 1. The van der Waals surface area contributed by atoms with Crippen molar-refractivity contribution in [1.82, 2.24) is 10.3 Å². The molecule has 1 aromatic heterocycles. The number of hydrogen-bond donors (Lipinski definition) is 3. The molecular formula is C20H17N3O2. The van der Waals surface area contributed by atoms with Gasteiger partial charge in [0.15, 0.2) is 0 Å². The minimum absolute atomic E-state index is 0.161. The highest BCUT2D eigenvalue weighted by atomic mass is 16.3. The van der Waals surface area contributed by atoms with Crippen LogP contribution in [-0.4, -0.2) is 22.5 Å². The van der Waals surface area contributed by atoms with Gasteiger partial charge in [0.2, 0.25) is 0 Å². The summed E-state index contributed by atoms with van der Waals surface area (Å²) in [5, 5.41) is 12.5. The van der Waals surface area contributed by atoms with Crippen molar-refractivity contribution in [3.8, 4) is 28.1 Å². The van der Waals surface area contributed by atoms with Gasteiger partial charge in [-0.15, -0.1) is 0 Å². The number of carbonyl (C=O) groups excluding carboxylic acids is 1. The molecule has 4 N–H and O–H groups in total. The van der Waals surface area contributed by atoms with Crippen LogP contribution in [0.5, 0.6) is 5.75 Å². The number of carbonyl (C=O) groups is 1. The Morgan fingerprint density at radius 2 is 1.72 bits per heavy atom. The van der Waals surface area contributed by atoms with Gasteiger partial charge in [-0.1, -0.05) is 30.3 Å². The first kappa shape index (κ1) is 15.2. The zero-order valence-electron chi connectivity index (χ0n) is 13.5. The number of benzene rings is 2. The molecular weight excluding hydrogens is 314 g/mol. The van der Waals surface area contributed by atoms with E-state index in [-0.39, 0.29) is 11.7 Å². The Labute approximate surface area is 145 Å². The number of fused-ring (bicyclic) bond motifs is 1. The summed E-state index contributed by atoms with van der Waals surface area (Å²) in [6.45, 7) is 0.574. The molecule has 5 nitrogen and oxygen atoms in total. The van der Waals surface area contributed by atoms with Crippen LogP contribution in [0.25, 0.3) is 22.4 Å². The van der Waals surface area contributed by atoms with E-state index in [1.165, 1.54) is 0 Å². The van der Waals surface area contributed by atoms with Crippen LogP contribution in [0.3, 0.4) is 0 Å². The molecule has 0 bridgehead atoms. The number of pyridine rings is 1. The summed E-state index contributed by atoms with van der Waals surface area (Å²) in [7, 11) is 0. The first-order valence-electron chi connectivity index (χ1n) is 8.09. The Kier molecular flexibility index (Phi) is 3.61. The maximum absolute atomic E-state index is 12.0. The number of phenols is 1. The van der Waals surface area contributed by atoms with Crippen molar-refractivity contribution in [2.45, 2.75) is 6.42 Å². The van der Waals surface area contributed by atoms with Crippen molar-refractivity contribution < 1.29 is 9.90 Å². The maximum atomic E-state index is 12.0. The molecule has 1 aliphatic rings. The van der Waals surface area contributed by atoms with E-state index in [0.29, 0.717) is 24.2 Å². The summed E-state index contributed by atoms with van der Waals surface area (Å²) in [4.78, 5) is 16.6. The Balaban J connectivity index is 1.79. The van der Waals surface area contributed by atoms with E-state index in [1.54, 1.807) is 18.2 Å². The van der Waals surface area contributed by atoms with Crippen LogP contribution >= 0.6 is 0 Å². The van der Waals surface area contributed by atoms with Crippen molar-refractivity contribution in [3.63, 3.8) is 0 Å². The van der Waals surface area contributed by atoms with Crippen LogP contribution in [0.4, 0.5) is 5.69 Å². The molecule has 0 fully saturated rings. The predicted octanol–water partition coefficient (Wildman–Crippen LogP) is 2.99. The van der Waals surface area contributed by atoms with Gasteiger partial charge in [-0.3, -0.25) is 9.78 Å². The fourth-order valence-electron chi connectivity index (χ4n) is 3.14. The van der Waals surface area contributed by atoms with Crippen molar-refractivity contribution in [1.29, 1.82) is 0 Å². The molecule has 4 rings (SSSR count). The Bertz CT molecular complexity index is 982. The van der Waals surface area contributed by atoms with Gasteiger partial charge in [-0.2, -0.15) is 0 Å². The van der Waals surface area contributed by atoms with Gasteiger partial charge in [0, 0.05) is 24.2 Å². The zero-order chi connectivity index (χ0) is 17.4. The summed E-state index contributed by atoms with van der Waals surface area (Å²) in [5.41, 5.74) is 11.3.